The minimum absolute atomic E-state index is 0. The first-order chi connectivity index (χ1) is 12.3. The van der Waals surface area contributed by atoms with Gasteiger partial charge in [-0.2, -0.15) is 5.26 Å². The van der Waals surface area contributed by atoms with Gasteiger partial charge in [-0.1, -0.05) is 41.7 Å². The van der Waals surface area contributed by atoms with Gasteiger partial charge in [0.05, 0.1) is 29.1 Å². The van der Waals surface area contributed by atoms with Crippen molar-refractivity contribution in [3.63, 3.8) is 0 Å². The zero-order chi connectivity index (χ0) is 17.1. The lowest BCUT2D eigenvalue weighted by atomic mass is 10.1. The van der Waals surface area contributed by atoms with Crippen molar-refractivity contribution < 1.29 is 0 Å². The number of pyridine rings is 1. The number of rotatable bonds is 4. The van der Waals surface area contributed by atoms with Crippen LogP contribution < -0.4 is 4.90 Å². The lowest BCUT2D eigenvalue weighted by molar-refractivity contribution is 0.967. The standard InChI is InChI=1S/C20H14N4S.ClH/c21-12-15-5-4-6-16(11-15)14-24(17-7-2-1-3-8-17)20-23-18-13-22-10-9-19(18)25-20;/h1-11,13H,14H2;1H. The van der Waals surface area contributed by atoms with Crippen LogP contribution in [0.3, 0.4) is 0 Å². The third kappa shape index (κ3) is 3.67. The smallest absolute Gasteiger partial charge is 0.191 e. The van der Waals surface area contributed by atoms with Crippen LogP contribution in [-0.2, 0) is 6.54 Å². The van der Waals surface area contributed by atoms with E-state index in [4.69, 9.17) is 10.2 Å². The van der Waals surface area contributed by atoms with Gasteiger partial charge in [-0.15, -0.1) is 12.4 Å². The van der Waals surface area contributed by atoms with E-state index in [1.807, 2.05) is 48.5 Å². The summed E-state index contributed by atoms with van der Waals surface area (Å²) in [6.07, 6.45) is 3.57. The van der Waals surface area contributed by atoms with Crippen molar-refractivity contribution in [1.29, 1.82) is 5.26 Å². The second kappa shape index (κ2) is 7.96. The molecular weight excluding hydrogens is 364 g/mol. The Balaban J connectivity index is 0.00000196. The van der Waals surface area contributed by atoms with Gasteiger partial charge in [0.2, 0.25) is 0 Å². The van der Waals surface area contributed by atoms with Crippen molar-refractivity contribution in [1.82, 2.24) is 9.97 Å². The predicted molar refractivity (Wildman–Crippen MR) is 108 cm³/mol. The zero-order valence-electron chi connectivity index (χ0n) is 13.7. The summed E-state index contributed by atoms with van der Waals surface area (Å²) >= 11 is 1.64. The van der Waals surface area contributed by atoms with Crippen molar-refractivity contribution in [2.24, 2.45) is 0 Å². The van der Waals surface area contributed by atoms with Crippen LogP contribution in [0.5, 0.6) is 0 Å². The SMILES string of the molecule is Cl.N#Cc1cccc(CN(c2ccccc2)c2nc3cnccc3s2)c1. The van der Waals surface area contributed by atoms with Gasteiger partial charge in [0.15, 0.2) is 5.13 Å². The topological polar surface area (TPSA) is 52.8 Å². The van der Waals surface area contributed by atoms with E-state index in [0.29, 0.717) is 12.1 Å². The Bertz CT molecular complexity index is 1020. The fourth-order valence-electron chi connectivity index (χ4n) is 2.68. The molecule has 4 aromatic rings. The number of aromatic nitrogens is 2. The van der Waals surface area contributed by atoms with Crippen LogP contribution in [0.2, 0.25) is 0 Å². The first-order valence-corrected chi connectivity index (χ1v) is 8.67. The number of halogens is 1. The summed E-state index contributed by atoms with van der Waals surface area (Å²) in [5, 5.41) is 10.1. The summed E-state index contributed by atoms with van der Waals surface area (Å²) in [5.74, 6) is 0. The molecule has 4 nitrogen and oxygen atoms in total. The maximum absolute atomic E-state index is 9.14. The number of hydrogen-bond acceptors (Lipinski definition) is 5. The number of fused-ring (bicyclic) bond motifs is 1. The molecule has 26 heavy (non-hydrogen) atoms. The highest BCUT2D eigenvalue weighted by molar-refractivity contribution is 7.22. The number of thiazole rings is 1. The summed E-state index contributed by atoms with van der Waals surface area (Å²) in [5.41, 5.74) is 3.70. The highest BCUT2D eigenvalue weighted by Gasteiger charge is 2.15. The van der Waals surface area contributed by atoms with E-state index in [0.717, 1.165) is 26.6 Å². The molecule has 0 fully saturated rings. The Morgan fingerprint density at radius 2 is 1.88 bits per heavy atom. The summed E-state index contributed by atoms with van der Waals surface area (Å²) in [7, 11) is 0. The molecule has 0 aliphatic rings. The molecule has 0 saturated heterocycles. The molecule has 4 rings (SSSR count). The van der Waals surface area contributed by atoms with Gasteiger partial charge in [0, 0.05) is 11.9 Å². The van der Waals surface area contributed by atoms with E-state index in [1.165, 1.54) is 0 Å². The third-order valence-electron chi connectivity index (χ3n) is 3.87. The van der Waals surface area contributed by atoms with Crippen LogP contribution in [0.15, 0.2) is 73.1 Å². The molecule has 0 saturated carbocycles. The number of benzene rings is 2. The molecule has 0 atom stereocenters. The van der Waals surface area contributed by atoms with E-state index in [-0.39, 0.29) is 12.4 Å². The van der Waals surface area contributed by atoms with E-state index >= 15 is 0 Å². The molecule has 0 amide bonds. The molecule has 0 aliphatic carbocycles. The summed E-state index contributed by atoms with van der Waals surface area (Å²) in [6, 6.07) is 22.0. The lowest BCUT2D eigenvalue weighted by Crippen LogP contribution is -2.16. The van der Waals surface area contributed by atoms with Gasteiger partial charge in [-0.3, -0.25) is 4.98 Å². The number of hydrogen-bond donors (Lipinski definition) is 0. The fourth-order valence-corrected chi connectivity index (χ4v) is 3.64. The number of nitrogens with zero attached hydrogens (tertiary/aromatic N) is 4. The van der Waals surface area contributed by atoms with Crippen molar-refractivity contribution in [3.8, 4) is 6.07 Å². The molecule has 0 unspecified atom stereocenters. The molecule has 0 bridgehead atoms. The Kier molecular flexibility index (Phi) is 5.47. The Morgan fingerprint density at radius 3 is 2.65 bits per heavy atom. The summed E-state index contributed by atoms with van der Waals surface area (Å²) < 4.78 is 1.11. The van der Waals surface area contributed by atoms with Gasteiger partial charge < -0.3 is 4.90 Å². The van der Waals surface area contributed by atoms with Crippen molar-refractivity contribution in [2.75, 3.05) is 4.90 Å². The predicted octanol–water partition coefficient (Wildman–Crippen LogP) is 5.32. The van der Waals surface area contributed by atoms with Crippen molar-refractivity contribution >= 4 is 44.8 Å². The van der Waals surface area contributed by atoms with Crippen LogP contribution in [0.25, 0.3) is 10.2 Å². The minimum atomic E-state index is 0. The Morgan fingerprint density at radius 1 is 1.04 bits per heavy atom. The lowest BCUT2D eigenvalue weighted by Gasteiger charge is -2.22. The van der Waals surface area contributed by atoms with Crippen LogP contribution in [0, 0.1) is 11.3 Å². The quantitative estimate of drug-likeness (QED) is 0.482. The van der Waals surface area contributed by atoms with E-state index in [1.54, 1.807) is 23.7 Å². The average molecular weight is 379 g/mol. The van der Waals surface area contributed by atoms with E-state index in [2.05, 4.69) is 28.1 Å². The fraction of sp³-hybridized carbons (Fsp3) is 0.0500. The first-order valence-electron chi connectivity index (χ1n) is 7.86. The van der Waals surface area contributed by atoms with Crippen molar-refractivity contribution in [2.45, 2.75) is 6.54 Å². The largest absolute Gasteiger partial charge is 0.313 e. The number of nitriles is 1. The first kappa shape index (κ1) is 17.9. The van der Waals surface area contributed by atoms with Crippen molar-refractivity contribution in [3.05, 3.63) is 84.2 Å². The second-order valence-corrected chi connectivity index (χ2v) is 6.58. The van der Waals surface area contributed by atoms with Gasteiger partial charge in [-0.05, 0) is 35.9 Å². The Hall–Kier alpha value is -2.94. The highest BCUT2D eigenvalue weighted by atomic mass is 35.5. The average Bonchev–Trinajstić information content (AvgIpc) is 3.11. The van der Waals surface area contributed by atoms with Gasteiger partial charge in [-0.25, -0.2) is 4.98 Å². The zero-order valence-corrected chi connectivity index (χ0v) is 15.4. The Labute approximate surface area is 161 Å². The maximum Gasteiger partial charge on any atom is 0.191 e. The molecule has 6 heteroatoms. The van der Waals surface area contributed by atoms with Gasteiger partial charge in [0.1, 0.15) is 5.52 Å². The summed E-state index contributed by atoms with van der Waals surface area (Å²) in [6.45, 7) is 0.646. The highest BCUT2D eigenvalue weighted by Crippen LogP contribution is 2.34. The molecule has 2 heterocycles. The van der Waals surface area contributed by atoms with Gasteiger partial charge in [0.25, 0.3) is 0 Å². The van der Waals surface area contributed by atoms with Crippen LogP contribution in [0.1, 0.15) is 11.1 Å². The maximum atomic E-state index is 9.14. The molecule has 2 aromatic carbocycles. The molecule has 0 radical (unpaired) electrons. The van der Waals surface area contributed by atoms with Crippen LogP contribution >= 0.6 is 23.7 Å². The molecule has 0 N–H and O–H groups in total. The van der Waals surface area contributed by atoms with E-state index in [9.17, 15) is 0 Å². The number of anilines is 2. The monoisotopic (exact) mass is 378 g/mol. The molecule has 128 valence electrons. The summed E-state index contributed by atoms with van der Waals surface area (Å²) in [4.78, 5) is 11.1. The minimum Gasteiger partial charge on any atom is -0.313 e. The molecule has 0 spiro atoms. The third-order valence-corrected chi connectivity index (χ3v) is 4.93. The molecular formula is C20H15ClN4S. The number of para-hydroxylation sites is 1. The van der Waals surface area contributed by atoms with E-state index < -0.39 is 0 Å². The van der Waals surface area contributed by atoms with Crippen LogP contribution in [-0.4, -0.2) is 9.97 Å². The van der Waals surface area contributed by atoms with Gasteiger partial charge >= 0.3 is 0 Å². The molecule has 0 aliphatic heterocycles. The molecule has 2 aromatic heterocycles. The normalized spacial score (nSPS) is 10.1. The second-order valence-electron chi connectivity index (χ2n) is 5.57. The van der Waals surface area contributed by atoms with Crippen LogP contribution in [0.4, 0.5) is 10.8 Å².